The summed E-state index contributed by atoms with van der Waals surface area (Å²) in [6.07, 6.45) is 2.43. The highest BCUT2D eigenvalue weighted by atomic mass is 16.2. The van der Waals surface area contributed by atoms with Crippen LogP contribution < -0.4 is 5.32 Å². The Morgan fingerprint density at radius 2 is 2.25 bits per heavy atom. The lowest BCUT2D eigenvalue weighted by molar-refractivity contribution is -0.131. The third kappa shape index (κ3) is 4.10. The molecule has 0 bridgehead atoms. The van der Waals surface area contributed by atoms with Gasteiger partial charge < -0.3 is 10.2 Å². The largest absolute Gasteiger partial charge is 0.345 e. The molecule has 1 heterocycles. The Morgan fingerprint density at radius 3 is 2.88 bits per heavy atom. The van der Waals surface area contributed by atoms with Crippen molar-refractivity contribution < 1.29 is 4.79 Å². The fourth-order valence-electron chi connectivity index (χ4n) is 2.14. The summed E-state index contributed by atoms with van der Waals surface area (Å²) in [6.45, 7) is 8.60. The van der Waals surface area contributed by atoms with E-state index in [1.807, 2.05) is 14.0 Å². The lowest BCUT2D eigenvalue weighted by atomic mass is 10.1. The van der Waals surface area contributed by atoms with Crippen LogP contribution in [0.5, 0.6) is 0 Å². The monoisotopic (exact) mass is 227 g/mol. The summed E-state index contributed by atoms with van der Waals surface area (Å²) < 4.78 is 0. The zero-order valence-corrected chi connectivity index (χ0v) is 10.8. The molecule has 0 radical (unpaired) electrons. The van der Waals surface area contributed by atoms with Crippen molar-refractivity contribution in [2.75, 3.05) is 39.8 Å². The second-order valence-electron chi connectivity index (χ2n) is 4.54. The lowest BCUT2D eigenvalue weighted by Crippen LogP contribution is -2.48. The molecule has 94 valence electrons. The van der Waals surface area contributed by atoms with Crippen LogP contribution in [0.4, 0.5) is 0 Å². The summed E-state index contributed by atoms with van der Waals surface area (Å²) in [4.78, 5) is 15.8. The Bertz CT molecular complexity index is 218. The standard InChI is InChI=1S/C12H25N3O/c1-4-13-11-7-6-8-15(9-11)10-12(16)14(3)5-2/h11,13H,4-10H2,1-3H3. The van der Waals surface area contributed by atoms with E-state index in [9.17, 15) is 4.79 Å². The highest BCUT2D eigenvalue weighted by Gasteiger charge is 2.21. The van der Waals surface area contributed by atoms with Gasteiger partial charge in [0.1, 0.15) is 0 Å². The smallest absolute Gasteiger partial charge is 0.236 e. The maximum Gasteiger partial charge on any atom is 0.236 e. The molecule has 1 N–H and O–H groups in total. The molecule has 1 rings (SSSR count). The van der Waals surface area contributed by atoms with E-state index in [-0.39, 0.29) is 5.91 Å². The molecule has 1 amide bonds. The van der Waals surface area contributed by atoms with E-state index < -0.39 is 0 Å². The third-order valence-corrected chi connectivity index (χ3v) is 3.26. The van der Waals surface area contributed by atoms with Gasteiger partial charge in [0.05, 0.1) is 6.54 Å². The number of nitrogens with one attached hydrogen (secondary N) is 1. The molecule has 1 aliphatic rings. The molecular formula is C12H25N3O. The third-order valence-electron chi connectivity index (χ3n) is 3.26. The Kier molecular flexibility index (Phi) is 5.77. The number of piperidine rings is 1. The summed E-state index contributed by atoms with van der Waals surface area (Å²) in [5.41, 5.74) is 0. The van der Waals surface area contributed by atoms with E-state index in [4.69, 9.17) is 0 Å². The molecule has 4 nitrogen and oxygen atoms in total. The highest BCUT2D eigenvalue weighted by molar-refractivity contribution is 5.77. The number of hydrogen-bond acceptors (Lipinski definition) is 3. The van der Waals surface area contributed by atoms with E-state index in [0.717, 1.165) is 26.2 Å². The molecule has 0 saturated carbocycles. The fourth-order valence-corrected chi connectivity index (χ4v) is 2.14. The van der Waals surface area contributed by atoms with Crippen molar-refractivity contribution in [3.05, 3.63) is 0 Å². The van der Waals surface area contributed by atoms with Crippen LogP contribution in [0.15, 0.2) is 0 Å². The Morgan fingerprint density at radius 1 is 1.50 bits per heavy atom. The molecule has 0 aromatic carbocycles. The molecule has 1 atom stereocenters. The molecule has 4 heteroatoms. The van der Waals surface area contributed by atoms with Crippen LogP contribution in [0.25, 0.3) is 0 Å². The van der Waals surface area contributed by atoms with E-state index in [1.165, 1.54) is 12.8 Å². The van der Waals surface area contributed by atoms with Crippen LogP contribution >= 0.6 is 0 Å². The number of rotatable bonds is 5. The first-order valence-electron chi connectivity index (χ1n) is 6.37. The first-order valence-corrected chi connectivity index (χ1v) is 6.37. The predicted octanol–water partition coefficient (Wildman–Crippen LogP) is 0.539. The minimum absolute atomic E-state index is 0.236. The van der Waals surface area contributed by atoms with Gasteiger partial charge in [-0.15, -0.1) is 0 Å². The molecular weight excluding hydrogens is 202 g/mol. The number of nitrogens with zero attached hydrogens (tertiary/aromatic N) is 2. The quantitative estimate of drug-likeness (QED) is 0.744. The van der Waals surface area contributed by atoms with Crippen molar-refractivity contribution in [1.29, 1.82) is 0 Å². The highest BCUT2D eigenvalue weighted by Crippen LogP contribution is 2.09. The second kappa shape index (κ2) is 6.86. The number of carbonyl (C=O) groups excluding carboxylic acids is 1. The Labute approximate surface area is 99.0 Å². The molecule has 1 fully saturated rings. The average molecular weight is 227 g/mol. The minimum Gasteiger partial charge on any atom is -0.345 e. The van der Waals surface area contributed by atoms with Gasteiger partial charge in [0.2, 0.25) is 5.91 Å². The van der Waals surface area contributed by atoms with Crippen LogP contribution in [0.3, 0.4) is 0 Å². The number of carbonyl (C=O) groups is 1. The molecule has 16 heavy (non-hydrogen) atoms. The van der Waals surface area contributed by atoms with Crippen molar-refractivity contribution in [2.45, 2.75) is 32.7 Å². The maximum atomic E-state index is 11.8. The molecule has 0 spiro atoms. The van der Waals surface area contributed by atoms with Crippen molar-refractivity contribution in [3.8, 4) is 0 Å². The first-order chi connectivity index (χ1) is 7.67. The summed E-state index contributed by atoms with van der Waals surface area (Å²) in [6, 6.07) is 0.568. The Hall–Kier alpha value is -0.610. The van der Waals surface area contributed by atoms with Crippen LogP contribution in [0.2, 0.25) is 0 Å². The van der Waals surface area contributed by atoms with E-state index in [0.29, 0.717) is 12.6 Å². The van der Waals surface area contributed by atoms with Crippen molar-refractivity contribution in [1.82, 2.24) is 15.1 Å². The molecule has 1 unspecified atom stereocenters. The zero-order valence-electron chi connectivity index (χ0n) is 10.8. The predicted molar refractivity (Wildman–Crippen MR) is 66.4 cm³/mol. The van der Waals surface area contributed by atoms with E-state index >= 15 is 0 Å². The number of likely N-dealkylation sites (N-methyl/N-ethyl adjacent to an activating group) is 2. The van der Waals surface area contributed by atoms with Gasteiger partial charge in [0.15, 0.2) is 0 Å². The lowest BCUT2D eigenvalue weighted by Gasteiger charge is -2.33. The fraction of sp³-hybridized carbons (Fsp3) is 0.917. The van der Waals surface area contributed by atoms with Gasteiger partial charge in [0.25, 0.3) is 0 Å². The van der Waals surface area contributed by atoms with Gasteiger partial charge in [-0.2, -0.15) is 0 Å². The van der Waals surface area contributed by atoms with Crippen molar-refractivity contribution in [2.24, 2.45) is 0 Å². The molecule has 1 aliphatic heterocycles. The van der Waals surface area contributed by atoms with Gasteiger partial charge in [0, 0.05) is 26.2 Å². The molecule has 1 saturated heterocycles. The number of hydrogen-bond donors (Lipinski definition) is 1. The van der Waals surface area contributed by atoms with Gasteiger partial charge in [-0.3, -0.25) is 9.69 Å². The number of amides is 1. The van der Waals surface area contributed by atoms with Gasteiger partial charge in [-0.05, 0) is 32.9 Å². The summed E-state index contributed by atoms with van der Waals surface area (Å²) in [7, 11) is 1.87. The molecule has 0 aromatic heterocycles. The Balaban J connectivity index is 2.33. The van der Waals surface area contributed by atoms with Crippen molar-refractivity contribution >= 4 is 5.91 Å². The average Bonchev–Trinajstić information content (AvgIpc) is 2.29. The van der Waals surface area contributed by atoms with Gasteiger partial charge in [-0.25, -0.2) is 0 Å². The SMILES string of the molecule is CCNC1CCCN(CC(=O)N(C)CC)C1. The minimum atomic E-state index is 0.236. The van der Waals surface area contributed by atoms with Gasteiger partial charge in [-0.1, -0.05) is 6.92 Å². The van der Waals surface area contributed by atoms with Gasteiger partial charge >= 0.3 is 0 Å². The van der Waals surface area contributed by atoms with Crippen LogP contribution in [0.1, 0.15) is 26.7 Å². The van der Waals surface area contributed by atoms with Crippen molar-refractivity contribution in [3.63, 3.8) is 0 Å². The topological polar surface area (TPSA) is 35.6 Å². The molecule has 0 aliphatic carbocycles. The maximum absolute atomic E-state index is 11.8. The first kappa shape index (κ1) is 13.5. The van der Waals surface area contributed by atoms with Crippen LogP contribution in [-0.4, -0.2) is 61.5 Å². The molecule has 0 aromatic rings. The summed E-state index contributed by atoms with van der Waals surface area (Å²) >= 11 is 0. The van der Waals surface area contributed by atoms with Crippen LogP contribution in [0, 0.1) is 0 Å². The van der Waals surface area contributed by atoms with E-state index in [1.54, 1.807) is 4.90 Å². The second-order valence-corrected chi connectivity index (χ2v) is 4.54. The zero-order chi connectivity index (χ0) is 12.0. The van der Waals surface area contributed by atoms with E-state index in [2.05, 4.69) is 17.1 Å². The van der Waals surface area contributed by atoms with Crippen LogP contribution in [-0.2, 0) is 4.79 Å². The number of likely N-dealkylation sites (tertiary alicyclic amines) is 1. The summed E-state index contributed by atoms with van der Waals surface area (Å²) in [5, 5.41) is 3.46. The normalized spacial score (nSPS) is 22.1. The summed E-state index contributed by atoms with van der Waals surface area (Å²) in [5.74, 6) is 0.236.